The van der Waals surface area contributed by atoms with Gasteiger partial charge in [0.2, 0.25) is 5.91 Å². The Balaban J connectivity index is 1.53. The van der Waals surface area contributed by atoms with E-state index >= 15 is 0 Å². The van der Waals surface area contributed by atoms with Gasteiger partial charge in [0.05, 0.1) is 13.7 Å². The number of benzene rings is 2. The van der Waals surface area contributed by atoms with Crippen molar-refractivity contribution >= 4 is 28.1 Å². The maximum atomic E-state index is 13.2. The molecule has 6 nitrogen and oxygen atoms in total. The molecule has 1 fully saturated rings. The minimum absolute atomic E-state index is 0.0344. The van der Waals surface area contributed by atoms with E-state index in [9.17, 15) is 4.79 Å². The lowest BCUT2D eigenvalue weighted by Gasteiger charge is -2.35. The van der Waals surface area contributed by atoms with Crippen LogP contribution >= 0.6 is 0 Å². The molecule has 0 spiro atoms. The van der Waals surface area contributed by atoms with Gasteiger partial charge < -0.3 is 23.7 Å². The number of furan rings is 1. The zero-order chi connectivity index (χ0) is 24.4. The number of methoxy groups -OCH3 is 1. The van der Waals surface area contributed by atoms with Crippen molar-refractivity contribution in [2.75, 3.05) is 44.8 Å². The molecule has 0 bridgehead atoms. The molecule has 0 aliphatic carbocycles. The number of amides is 1. The van der Waals surface area contributed by atoms with Gasteiger partial charge in [-0.15, -0.1) is 0 Å². The van der Waals surface area contributed by atoms with Crippen LogP contribution in [0.2, 0.25) is 0 Å². The molecule has 3 aromatic rings. The molecule has 34 heavy (non-hydrogen) atoms. The molecule has 1 amide bonds. The average molecular weight is 463 g/mol. The second-order valence-corrected chi connectivity index (χ2v) is 8.81. The third-order valence-electron chi connectivity index (χ3n) is 6.73. The first-order valence-corrected chi connectivity index (χ1v) is 11.9. The summed E-state index contributed by atoms with van der Waals surface area (Å²) in [5, 5.41) is 1.07. The Bertz CT molecular complexity index is 1220. The third-order valence-corrected chi connectivity index (χ3v) is 6.73. The predicted molar refractivity (Wildman–Crippen MR) is 137 cm³/mol. The van der Waals surface area contributed by atoms with Crippen LogP contribution in [0.1, 0.15) is 36.3 Å². The molecule has 0 atom stereocenters. The number of piperazine rings is 1. The summed E-state index contributed by atoms with van der Waals surface area (Å²) >= 11 is 0. The summed E-state index contributed by atoms with van der Waals surface area (Å²) in [5.41, 5.74) is 5.94. The van der Waals surface area contributed by atoms with E-state index < -0.39 is 0 Å². The SMILES string of the molecule is CCOc1c(/C(C)=C/C(=O)N2CCN(c3ccc(OC)cc3)CC2)cc2c(C)c(C)oc2c1C. The zero-order valence-corrected chi connectivity index (χ0v) is 21.0. The number of nitrogens with zero attached hydrogens (tertiary/aromatic N) is 2. The van der Waals surface area contributed by atoms with E-state index in [1.54, 1.807) is 13.2 Å². The first kappa shape index (κ1) is 23.7. The van der Waals surface area contributed by atoms with Gasteiger partial charge in [0.1, 0.15) is 22.8 Å². The smallest absolute Gasteiger partial charge is 0.246 e. The summed E-state index contributed by atoms with van der Waals surface area (Å²) < 4.78 is 17.3. The monoisotopic (exact) mass is 462 g/mol. The highest BCUT2D eigenvalue weighted by atomic mass is 16.5. The van der Waals surface area contributed by atoms with Crippen molar-refractivity contribution < 1.29 is 18.7 Å². The molecule has 2 heterocycles. The van der Waals surface area contributed by atoms with Gasteiger partial charge in [-0.25, -0.2) is 0 Å². The van der Waals surface area contributed by atoms with Gasteiger partial charge in [-0.1, -0.05) is 0 Å². The molecule has 1 aliphatic heterocycles. The van der Waals surface area contributed by atoms with Crippen LogP contribution in [0, 0.1) is 20.8 Å². The Labute approximate surface area is 201 Å². The first-order chi connectivity index (χ1) is 16.3. The average Bonchev–Trinajstić information content (AvgIpc) is 3.14. The van der Waals surface area contributed by atoms with Gasteiger partial charge in [0.15, 0.2) is 0 Å². The predicted octanol–water partition coefficient (Wildman–Crippen LogP) is 5.52. The van der Waals surface area contributed by atoms with Crippen LogP contribution in [0.5, 0.6) is 11.5 Å². The highest BCUT2D eigenvalue weighted by molar-refractivity contribution is 5.98. The van der Waals surface area contributed by atoms with Gasteiger partial charge in [-0.2, -0.15) is 0 Å². The van der Waals surface area contributed by atoms with Crippen LogP contribution in [-0.4, -0.2) is 50.7 Å². The van der Waals surface area contributed by atoms with E-state index in [0.717, 1.165) is 69.3 Å². The van der Waals surface area contributed by atoms with Crippen molar-refractivity contribution in [3.05, 3.63) is 58.9 Å². The van der Waals surface area contributed by atoms with Crippen LogP contribution in [0.15, 0.2) is 40.8 Å². The number of carbonyl (C=O) groups excluding carboxylic acids is 1. The second kappa shape index (κ2) is 9.84. The van der Waals surface area contributed by atoms with Gasteiger partial charge in [-0.3, -0.25) is 4.79 Å². The number of rotatable bonds is 6. The van der Waals surface area contributed by atoms with Gasteiger partial charge in [-0.05, 0) is 76.1 Å². The summed E-state index contributed by atoms with van der Waals surface area (Å²) in [6, 6.07) is 10.2. The Morgan fingerprint density at radius 1 is 1.06 bits per heavy atom. The lowest BCUT2D eigenvalue weighted by atomic mass is 9.98. The minimum atomic E-state index is 0.0344. The van der Waals surface area contributed by atoms with Crippen molar-refractivity contribution in [2.24, 2.45) is 0 Å². The fraction of sp³-hybridized carbons (Fsp3) is 0.393. The van der Waals surface area contributed by atoms with E-state index in [-0.39, 0.29) is 5.91 Å². The van der Waals surface area contributed by atoms with Gasteiger partial charge in [0, 0.05) is 54.5 Å². The molecule has 1 aliphatic rings. The maximum absolute atomic E-state index is 13.2. The zero-order valence-electron chi connectivity index (χ0n) is 21.0. The van der Waals surface area contributed by atoms with E-state index in [1.165, 1.54) is 0 Å². The summed E-state index contributed by atoms with van der Waals surface area (Å²) in [4.78, 5) is 17.4. The lowest BCUT2D eigenvalue weighted by Crippen LogP contribution is -2.48. The molecular formula is C28H34N2O4. The molecule has 2 aromatic carbocycles. The largest absolute Gasteiger partial charge is 0.497 e. The summed E-state index contributed by atoms with van der Waals surface area (Å²) in [7, 11) is 1.67. The summed E-state index contributed by atoms with van der Waals surface area (Å²) in [6.07, 6.45) is 1.74. The first-order valence-electron chi connectivity index (χ1n) is 11.9. The van der Waals surface area contributed by atoms with Crippen LogP contribution in [0.3, 0.4) is 0 Å². The third kappa shape index (κ3) is 4.49. The minimum Gasteiger partial charge on any atom is -0.497 e. The molecule has 0 saturated carbocycles. The number of anilines is 1. The van der Waals surface area contributed by atoms with E-state index in [4.69, 9.17) is 13.9 Å². The molecule has 6 heteroatoms. The number of hydrogen-bond donors (Lipinski definition) is 0. The molecule has 1 aromatic heterocycles. The lowest BCUT2D eigenvalue weighted by molar-refractivity contribution is -0.126. The van der Waals surface area contributed by atoms with E-state index in [2.05, 4.69) is 30.0 Å². The topological polar surface area (TPSA) is 55.2 Å². The molecular weight excluding hydrogens is 428 g/mol. The molecule has 0 N–H and O–H groups in total. The van der Waals surface area contributed by atoms with Crippen molar-refractivity contribution in [3.8, 4) is 11.5 Å². The molecule has 0 unspecified atom stereocenters. The van der Waals surface area contributed by atoms with Crippen LogP contribution in [-0.2, 0) is 4.79 Å². The number of fused-ring (bicyclic) bond motifs is 1. The highest BCUT2D eigenvalue weighted by Gasteiger charge is 2.22. The molecule has 0 radical (unpaired) electrons. The van der Waals surface area contributed by atoms with E-state index in [1.807, 2.05) is 44.7 Å². The molecule has 4 rings (SSSR count). The van der Waals surface area contributed by atoms with Crippen molar-refractivity contribution in [1.82, 2.24) is 4.90 Å². The van der Waals surface area contributed by atoms with Crippen molar-refractivity contribution in [1.29, 1.82) is 0 Å². The van der Waals surface area contributed by atoms with Crippen LogP contribution in [0.25, 0.3) is 16.5 Å². The number of hydrogen-bond acceptors (Lipinski definition) is 5. The Morgan fingerprint density at radius 2 is 1.74 bits per heavy atom. The highest BCUT2D eigenvalue weighted by Crippen LogP contribution is 2.39. The second-order valence-electron chi connectivity index (χ2n) is 8.81. The normalized spacial score (nSPS) is 14.6. The van der Waals surface area contributed by atoms with Crippen LogP contribution in [0.4, 0.5) is 5.69 Å². The standard InChI is InChI=1S/C28H34N2O4/c1-7-33-27-20(4)28-25(19(3)21(5)34-28)17-24(27)18(2)16-26(31)30-14-12-29(13-15-30)22-8-10-23(32-6)11-9-22/h8-11,16-17H,7,12-15H2,1-6H3/b18-16+. The van der Waals surface area contributed by atoms with Gasteiger partial charge in [0.25, 0.3) is 0 Å². The molecule has 180 valence electrons. The van der Waals surface area contributed by atoms with Crippen LogP contribution < -0.4 is 14.4 Å². The summed E-state index contributed by atoms with van der Waals surface area (Å²) in [6.45, 7) is 13.5. The fourth-order valence-electron chi connectivity index (χ4n) is 4.57. The van der Waals surface area contributed by atoms with Crippen molar-refractivity contribution in [2.45, 2.75) is 34.6 Å². The maximum Gasteiger partial charge on any atom is 0.246 e. The van der Waals surface area contributed by atoms with Crippen molar-refractivity contribution in [3.63, 3.8) is 0 Å². The van der Waals surface area contributed by atoms with E-state index in [0.29, 0.717) is 19.7 Å². The fourth-order valence-corrected chi connectivity index (χ4v) is 4.57. The number of ether oxygens (including phenoxy) is 2. The Hall–Kier alpha value is -3.41. The number of carbonyl (C=O) groups is 1. The number of allylic oxidation sites excluding steroid dienone is 1. The van der Waals surface area contributed by atoms with Gasteiger partial charge >= 0.3 is 0 Å². The Kier molecular flexibility index (Phi) is 6.87. The quantitative estimate of drug-likeness (QED) is 0.452. The number of aryl methyl sites for hydroxylation is 3. The Morgan fingerprint density at radius 3 is 2.35 bits per heavy atom. The molecule has 1 saturated heterocycles. The summed E-state index contributed by atoms with van der Waals surface area (Å²) in [5.74, 6) is 2.57.